The normalized spacial score (nSPS) is 25.8. The van der Waals surface area contributed by atoms with Crippen molar-refractivity contribution in [1.82, 2.24) is 5.01 Å². The Morgan fingerprint density at radius 1 is 1.41 bits per heavy atom. The van der Waals surface area contributed by atoms with E-state index in [2.05, 4.69) is 12.0 Å². The second kappa shape index (κ2) is 5.63. The number of nitrogens with two attached hydrogens (primary N) is 1. The molecule has 1 unspecified atom stereocenters. The first-order valence-corrected chi connectivity index (χ1v) is 6.88. The van der Waals surface area contributed by atoms with E-state index in [0.29, 0.717) is 12.6 Å². The summed E-state index contributed by atoms with van der Waals surface area (Å²) in [5.74, 6) is 0.173. The summed E-state index contributed by atoms with van der Waals surface area (Å²) in [5, 5.41) is 6.36. The zero-order chi connectivity index (χ0) is 12.3. The van der Waals surface area contributed by atoms with Gasteiger partial charge in [0.1, 0.15) is 0 Å². The molecule has 2 aliphatic rings. The van der Waals surface area contributed by atoms with E-state index in [1.54, 1.807) is 5.01 Å². The van der Waals surface area contributed by atoms with E-state index < -0.39 is 0 Å². The summed E-state index contributed by atoms with van der Waals surface area (Å²) in [6.45, 7) is 2.70. The van der Waals surface area contributed by atoms with Crippen LogP contribution in [0.3, 0.4) is 0 Å². The summed E-state index contributed by atoms with van der Waals surface area (Å²) < 4.78 is 0. The van der Waals surface area contributed by atoms with Crippen molar-refractivity contribution in [3.8, 4) is 0 Å². The molecule has 0 aromatic carbocycles. The lowest BCUT2D eigenvalue weighted by atomic mass is 9.96. The zero-order valence-corrected chi connectivity index (χ0v) is 10.7. The smallest absolute Gasteiger partial charge is 0.251 e. The van der Waals surface area contributed by atoms with Crippen molar-refractivity contribution in [3.05, 3.63) is 0 Å². The van der Waals surface area contributed by atoms with E-state index >= 15 is 0 Å². The average molecular weight is 237 g/mol. The molecule has 96 valence electrons. The lowest BCUT2D eigenvalue weighted by Gasteiger charge is -2.20. The number of nitrogens with zero attached hydrogens (tertiary/aromatic N) is 2. The van der Waals surface area contributed by atoms with Gasteiger partial charge in [-0.1, -0.05) is 26.2 Å². The molecule has 2 rings (SSSR count). The highest BCUT2D eigenvalue weighted by molar-refractivity contribution is 6.08. The average Bonchev–Trinajstić information content (AvgIpc) is 2.92. The van der Waals surface area contributed by atoms with Gasteiger partial charge in [0.05, 0.1) is 17.7 Å². The lowest BCUT2D eigenvalue weighted by Crippen LogP contribution is -2.35. The molecule has 1 saturated carbocycles. The molecule has 0 bridgehead atoms. The number of carbonyl (C=O) groups excluding carboxylic acids is 1. The molecule has 2 N–H and O–H groups in total. The van der Waals surface area contributed by atoms with Gasteiger partial charge in [-0.15, -0.1) is 0 Å². The maximum absolute atomic E-state index is 12.3. The first-order chi connectivity index (χ1) is 8.27. The number of hydrazone groups is 1. The molecule has 4 nitrogen and oxygen atoms in total. The molecular weight excluding hydrogens is 214 g/mol. The van der Waals surface area contributed by atoms with Crippen LogP contribution in [0.2, 0.25) is 0 Å². The van der Waals surface area contributed by atoms with Crippen LogP contribution in [0.25, 0.3) is 0 Å². The van der Waals surface area contributed by atoms with Crippen LogP contribution in [0.1, 0.15) is 51.9 Å². The number of hydrogen-bond acceptors (Lipinski definition) is 3. The fourth-order valence-corrected chi connectivity index (χ4v) is 2.91. The minimum absolute atomic E-state index is 0.0273. The lowest BCUT2D eigenvalue weighted by molar-refractivity contribution is -0.133. The Kier molecular flexibility index (Phi) is 4.15. The van der Waals surface area contributed by atoms with Crippen molar-refractivity contribution in [2.24, 2.45) is 16.8 Å². The van der Waals surface area contributed by atoms with Crippen molar-refractivity contribution in [2.45, 2.75) is 57.9 Å². The van der Waals surface area contributed by atoms with Gasteiger partial charge in [0, 0.05) is 0 Å². The summed E-state index contributed by atoms with van der Waals surface area (Å²) in [7, 11) is 0. The predicted molar refractivity (Wildman–Crippen MR) is 68.6 cm³/mol. The Morgan fingerprint density at radius 3 is 2.71 bits per heavy atom. The maximum atomic E-state index is 12.3. The van der Waals surface area contributed by atoms with Crippen molar-refractivity contribution in [3.63, 3.8) is 0 Å². The Balaban J connectivity index is 2.10. The van der Waals surface area contributed by atoms with E-state index in [9.17, 15) is 4.79 Å². The molecule has 0 radical (unpaired) electrons. The molecule has 1 heterocycles. The van der Waals surface area contributed by atoms with Crippen LogP contribution in [0.4, 0.5) is 0 Å². The highest BCUT2D eigenvalue weighted by atomic mass is 16.2. The summed E-state index contributed by atoms with van der Waals surface area (Å²) >= 11 is 0. The second-order valence-corrected chi connectivity index (χ2v) is 5.09. The van der Waals surface area contributed by atoms with Gasteiger partial charge >= 0.3 is 0 Å². The van der Waals surface area contributed by atoms with Gasteiger partial charge in [-0.05, 0) is 32.2 Å². The third-order valence-electron chi connectivity index (χ3n) is 3.79. The predicted octanol–water partition coefficient (Wildman–Crippen LogP) is 1.89. The molecule has 17 heavy (non-hydrogen) atoms. The molecule has 1 fully saturated rings. The molecule has 1 aliphatic carbocycles. The quantitative estimate of drug-likeness (QED) is 0.793. The van der Waals surface area contributed by atoms with Gasteiger partial charge in [-0.2, -0.15) is 5.10 Å². The number of carbonyl (C=O) groups is 1. The number of amides is 1. The summed E-state index contributed by atoms with van der Waals surface area (Å²) in [5.41, 5.74) is 6.67. The molecular formula is C13H23N3O. The van der Waals surface area contributed by atoms with E-state index in [4.69, 9.17) is 5.73 Å². The summed E-state index contributed by atoms with van der Waals surface area (Å²) in [6, 6.07) is 0.358. The van der Waals surface area contributed by atoms with Crippen LogP contribution in [-0.4, -0.2) is 29.2 Å². The van der Waals surface area contributed by atoms with Gasteiger partial charge in [-0.3, -0.25) is 4.79 Å². The van der Waals surface area contributed by atoms with E-state index in [1.165, 1.54) is 12.8 Å². The third kappa shape index (κ3) is 2.51. The van der Waals surface area contributed by atoms with Crippen LogP contribution in [0.5, 0.6) is 0 Å². The third-order valence-corrected chi connectivity index (χ3v) is 3.79. The van der Waals surface area contributed by atoms with Gasteiger partial charge in [0.2, 0.25) is 0 Å². The molecule has 0 aromatic rings. The topological polar surface area (TPSA) is 58.7 Å². The summed E-state index contributed by atoms with van der Waals surface area (Å²) in [4.78, 5) is 12.3. The summed E-state index contributed by atoms with van der Waals surface area (Å²) in [6.07, 6.45) is 7.42. The monoisotopic (exact) mass is 237 g/mol. The molecule has 0 spiro atoms. The Labute approximate surface area is 103 Å². The van der Waals surface area contributed by atoms with Crippen LogP contribution in [0.15, 0.2) is 5.10 Å². The Morgan fingerprint density at radius 2 is 2.12 bits per heavy atom. The van der Waals surface area contributed by atoms with Crippen molar-refractivity contribution in [2.75, 3.05) is 6.54 Å². The van der Waals surface area contributed by atoms with E-state index in [-0.39, 0.29) is 11.8 Å². The highest BCUT2D eigenvalue weighted by Crippen LogP contribution is 2.30. The fraction of sp³-hybridized carbons (Fsp3) is 0.846. The minimum Gasteiger partial charge on any atom is -0.330 e. The van der Waals surface area contributed by atoms with Crippen molar-refractivity contribution >= 4 is 11.6 Å². The fourth-order valence-electron chi connectivity index (χ4n) is 2.91. The Bertz CT molecular complexity index is 308. The van der Waals surface area contributed by atoms with Gasteiger partial charge in [0.25, 0.3) is 5.91 Å². The number of hydrogen-bond donors (Lipinski definition) is 1. The molecule has 0 saturated heterocycles. The zero-order valence-electron chi connectivity index (χ0n) is 10.7. The van der Waals surface area contributed by atoms with Crippen LogP contribution in [-0.2, 0) is 4.79 Å². The SMILES string of the molecule is CCCC1=NN(C2CCCC2)C(=O)C1CCN. The van der Waals surface area contributed by atoms with Crippen molar-refractivity contribution < 1.29 is 4.79 Å². The van der Waals surface area contributed by atoms with Crippen LogP contribution in [0, 0.1) is 5.92 Å². The largest absolute Gasteiger partial charge is 0.330 e. The van der Waals surface area contributed by atoms with E-state index in [1.807, 2.05) is 0 Å². The molecule has 1 amide bonds. The highest BCUT2D eigenvalue weighted by Gasteiger charge is 2.38. The molecule has 1 aliphatic heterocycles. The standard InChI is InChI=1S/C13H23N3O/c1-2-5-12-11(8-9-14)13(17)16(15-12)10-6-3-4-7-10/h10-11H,2-9,14H2,1H3. The first-order valence-electron chi connectivity index (χ1n) is 6.88. The van der Waals surface area contributed by atoms with Gasteiger partial charge < -0.3 is 5.73 Å². The van der Waals surface area contributed by atoms with Crippen LogP contribution < -0.4 is 5.73 Å². The molecule has 0 aromatic heterocycles. The van der Waals surface area contributed by atoms with Gasteiger partial charge in [-0.25, -0.2) is 5.01 Å². The van der Waals surface area contributed by atoms with Gasteiger partial charge in [0.15, 0.2) is 0 Å². The minimum atomic E-state index is -0.0273. The van der Waals surface area contributed by atoms with Crippen molar-refractivity contribution in [1.29, 1.82) is 0 Å². The molecule has 1 atom stereocenters. The Hall–Kier alpha value is -0.900. The molecule has 4 heteroatoms. The maximum Gasteiger partial charge on any atom is 0.251 e. The first kappa shape index (κ1) is 12.6. The van der Waals surface area contributed by atoms with Crippen LogP contribution >= 0.6 is 0 Å². The number of rotatable bonds is 5. The van der Waals surface area contributed by atoms with E-state index in [0.717, 1.165) is 37.8 Å². The second-order valence-electron chi connectivity index (χ2n) is 5.09.